The number of hydrogen-bond acceptors (Lipinski definition) is 20. The number of rotatable bonds is 18. The third-order valence-corrected chi connectivity index (χ3v) is 10.5. The zero-order chi connectivity index (χ0) is 48.2. The van der Waals surface area contributed by atoms with Gasteiger partial charge < -0.3 is 83.2 Å². The van der Waals surface area contributed by atoms with E-state index in [1.54, 1.807) is 38.4 Å². The first-order chi connectivity index (χ1) is 31.3. The smallest absolute Gasteiger partial charge is 0.550 e. The van der Waals surface area contributed by atoms with Crippen LogP contribution < -0.4 is 74.5 Å². The van der Waals surface area contributed by atoms with E-state index in [-0.39, 0.29) is 96.8 Å². The third-order valence-electron chi connectivity index (χ3n) is 10.5. The van der Waals surface area contributed by atoms with Gasteiger partial charge in [-0.15, -0.1) is 0 Å². The molecular formula is C40H48CaN14O12. The first kappa shape index (κ1) is 52.3. The number of nitrogens with two attached hydrogens (primary N) is 2. The summed E-state index contributed by atoms with van der Waals surface area (Å²) in [6, 6.07) is 9.88. The maximum absolute atomic E-state index is 12.3. The van der Waals surface area contributed by atoms with Crippen LogP contribution >= 0.6 is 0 Å². The van der Waals surface area contributed by atoms with Gasteiger partial charge in [-0.3, -0.25) is 29.1 Å². The van der Waals surface area contributed by atoms with Crippen LogP contribution in [-0.2, 0) is 19.2 Å². The Morgan fingerprint density at radius 2 is 1.01 bits per heavy atom. The number of nitrogen functional groups attached to an aromatic ring is 2. The fraction of sp³-hybridized carbons (Fsp3) is 0.350. The molecule has 0 saturated heterocycles. The Balaban J connectivity index is 0.000000288. The van der Waals surface area contributed by atoms with Crippen molar-refractivity contribution in [1.29, 1.82) is 0 Å². The number of carbonyl (C=O) groups is 6. The number of aliphatic carboxylic acids is 4. The van der Waals surface area contributed by atoms with Crippen molar-refractivity contribution in [3.63, 3.8) is 0 Å². The summed E-state index contributed by atoms with van der Waals surface area (Å²) >= 11 is 0. The summed E-state index contributed by atoms with van der Waals surface area (Å²) < 4.78 is 0. The van der Waals surface area contributed by atoms with Crippen molar-refractivity contribution in [1.82, 2.24) is 30.6 Å². The van der Waals surface area contributed by atoms with E-state index in [0.29, 0.717) is 60.6 Å². The number of carboxylic acids is 4. The largest absolute Gasteiger partial charge is 2.00 e. The van der Waals surface area contributed by atoms with Gasteiger partial charge in [0, 0.05) is 74.7 Å². The van der Waals surface area contributed by atoms with Gasteiger partial charge in [0.2, 0.25) is 11.9 Å². The number of aromatic amines is 2. The molecule has 2 aliphatic heterocycles. The maximum atomic E-state index is 12.3. The topological polar surface area (TPSA) is 411 Å². The van der Waals surface area contributed by atoms with E-state index in [4.69, 9.17) is 21.7 Å². The van der Waals surface area contributed by atoms with Gasteiger partial charge in [0.15, 0.2) is 11.6 Å². The van der Waals surface area contributed by atoms with Crippen LogP contribution in [0, 0.1) is 0 Å². The summed E-state index contributed by atoms with van der Waals surface area (Å²) in [5.41, 5.74) is 13.1. The number of benzene rings is 2. The van der Waals surface area contributed by atoms with Crippen molar-refractivity contribution in [2.75, 3.05) is 82.8 Å². The second kappa shape index (κ2) is 23.7. The molecule has 2 aliphatic rings. The number of carboxylic acid groups (broad SMARTS) is 4. The minimum Gasteiger partial charge on any atom is -0.550 e. The summed E-state index contributed by atoms with van der Waals surface area (Å²) in [5.74, 6) is -5.79. The van der Waals surface area contributed by atoms with Gasteiger partial charge in [-0.1, -0.05) is 0 Å². The molecule has 352 valence electrons. The van der Waals surface area contributed by atoms with Crippen molar-refractivity contribution in [3.8, 4) is 0 Å². The van der Waals surface area contributed by atoms with Gasteiger partial charge in [0.05, 0.1) is 12.1 Å². The molecule has 26 nitrogen and oxygen atoms in total. The molecule has 2 aromatic carbocycles. The standard InChI is InChI=1S/2C20H25N7O6.Ca/c2*1-27-12(9-23-16-15(27)18(31)26-20(21)25-16)8-22-11-4-2-10(3-5-11)17(30)24-13(19(32)33)6-7-14(28)29;/h2*2-5,12-13,22H,6-9H2,1H3,(H,24,30)(H,28,29)(H,32,33)(H4,21,23,25,26,31);/q;;+2/p-2/t2*12-,13-;/m00./s1. The van der Waals surface area contributed by atoms with Gasteiger partial charge in [0.25, 0.3) is 22.9 Å². The molecule has 0 unspecified atom stereocenters. The van der Waals surface area contributed by atoms with Crippen molar-refractivity contribution < 1.29 is 49.2 Å². The Kier molecular flexibility index (Phi) is 18.5. The zero-order valence-electron chi connectivity index (χ0n) is 36.2. The second-order valence-corrected chi connectivity index (χ2v) is 15.1. The molecule has 0 bridgehead atoms. The number of nitrogens with one attached hydrogen (secondary N) is 8. The second-order valence-electron chi connectivity index (χ2n) is 15.1. The molecule has 67 heavy (non-hydrogen) atoms. The molecular weight excluding hydrogens is 909 g/mol. The number of nitrogens with zero attached hydrogens (tertiary/aromatic N) is 4. The van der Waals surface area contributed by atoms with E-state index >= 15 is 0 Å². The fourth-order valence-corrected chi connectivity index (χ4v) is 6.83. The minimum atomic E-state index is -1.39. The van der Waals surface area contributed by atoms with E-state index < -0.39 is 60.6 Å². The average molecular weight is 957 g/mol. The fourth-order valence-electron chi connectivity index (χ4n) is 6.83. The molecule has 6 rings (SSSR count). The zero-order valence-corrected chi connectivity index (χ0v) is 38.4. The SMILES string of the molecule is CN1c2c(nc(N)[nH]c2=O)NC[C@@H]1CNc1ccc(C(=O)N[C@@H](CCC(=O)[O-])C(=O)O)cc1.CN1c2c(nc(N)[nH]c2=O)NC[C@@H]1CNc1ccc(C(=O)N[C@@H](CCC(=O)[O-])C(=O)O)cc1.[Ca+2]. The molecule has 4 heterocycles. The Morgan fingerprint density at radius 1 is 0.672 bits per heavy atom. The van der Waals surface area contributed by atoms with E-state index in [1.165, 1.54) is 24.3 Å². The Labute approximate surface area is 410 Å². The molecule has 14 N–H and O–H groups in total. The quantitative estimate of drug-likeness (QED) is 0.0429. The van der Waals surface area contributed by atoms with E-state index in [9.17, 15) is 48.6 Å². The van der Waals surface area contributed by atoms with Crippen molar-refractivity contribution in [2.24, 2.45) is 0 Å². The molecule has 0 fully saturated rings. The van der Waals surface area contributed by atoms with Gasteiger partial charge >= 0.3 is 49.7 Å². The summed E-state index contributed by atoms with van der Waals surface area (Å²) in [7, 11) is 3.57. The molecule has 0 aliphatic carbocycles. The molecule has 27 heteroatoms. The predicted molar refractivity (Wildman–Crippen MR) is 242 cm³/mol. The van der Waals surface area contributed by atoms with Crippen molar-refractivity contribution in [3.05, 3.63) is 80.4 Å². The normalized spacial score (nSPS) is 15.4. The summed E-state index contributed by atoms with van der Waals surface area (Å²) in [4.78, 5) is 109. The van der Waals surface area contributed by atoms with Crippen LogP contribution in [0.5, 0.6) is 0 Å². The number of likely N-dealkylation sites (N-methyl/N-ethyl adjacent to an activating group) is 2. The molecule has 2 amide bonds. The van der Waals surface area contributed by atoms with Gasteiger partial charge in [-0.25, -0.2) is 9.59 Å². The molecule has 0 radical (unpaired) electrons. The Hall–Kier alpha value is -7.32. The molecule has 4 atom stereocenters. The van der Waals surface area contributed by atoms with Crippen LogP contribution in [0.1, 0.15) is 46.4 Å². The maximum Gasteiger partial charge on any atom is 2.00 e. The van der Waals surface area contributed by atoms with Crippen LogP contribution in [-0.4, -0.2) is 168 Å². The van der Waals surface area contributed by atoms with Gasteiger partial charge in [-0.05, 0) is 74.2 Å². The number of carbonyl (C=O) groups excluding carboxylic acids is 4. The first-order valence-corrected chi connectivity index (χ1v) is 20.2. The van der Waals surface area contributed by atoms with E-state index in [1.807, 2.05) is 9.80 Å². The number of H-pyrrole nitrogens is 2. The van der Waals surface area contributed by atoms with Crippen LogP contribution in [0.2, 0.25) is 0 Å². The van der Waals surface area contributed by atoms with Crippen molar-refractivity contribution in [2.45, 2.75) is 49.9 Å². The number of fused-ring (bicyclic) bond motifs is 2. The molecule has 2 aromatic heterocycles. The predicted octanol–water partition coefficient (Wildman–Crippen LogP) is -3.57. The average Bonchev–Trinajstić information content (AvgIpc) is 3.25. The first-order valence-electron chi connectivity index (χ1n) is 20.2. The summed E-state index contributed by atoms with van der Waals surface area (Å²) in [6.45, 7) is 2.00. The number of amides is 2. The van der Waals surface area contributed by atoms with Crippen LogP contribution in [0.15, 0.2) is 58.1 Å². The number of anilines is 8. The monoisotopic (exact) mass is 956 g/mol. The van der Waals surface area contributed by atoms with Crippen LogP contribution in [0.25, 0.3) is 0 Å². The number of aromatic nitrogens is 4. The Morgan fingerprint density at radius 3 is 1.33 bits per heavy atom. The summed E-state index contributed by atoms with van der Waals surface area (Å²) in [6.07, 6.45) is -1.52. The van der Waals surface area contributed by atoms with Crippen LogP contribution in [0.3, 0.4) is 0 Å². The Bertz CT molecular complexity index is 2380. The van der Waals surface area contributed by atoms with E-state index in [0.717, 1.165) is 0 Å². The molecule has 4 aromatic rings. The molecule has 0 saturated carbocycles. The minimum absolute atomic E-state index is 0. The van der Waals surface area contributed by atoms with Crippen LogP contribution in [0.4, 0.5) is 46.3 Å². The van der Waals surface area contributed by atoms with E-state index in [2.05, 4.69) is 51.8 Å². The molecule has 0 spiro atoms. The van der Waals surface area contributed by atoms with Gasteiger partial charge in [0.1, 0.15) is 23.5 Å². The summed E-state index contributed by atoms with van der Waals surface area (Å²) in [5, 5.41) is 56.7. The van der Waals surface area contributed by atoms with Gasteiger partial charge in [-0.2, -0.15) is 9.97 Å². The number of hydrogen-bond donors (Lipinski definition) is 12. The third kappa shape index (κ3) is 14.3. The van der Waals surface area contributed by atoms with Crippen molar-refractivity contribution >= 4 is 120 Å².